The molecular formula is C27H27ClFN3O3. The number of amides is 1. The first-order valence-electron chi connectivity index (χ1n) is 11.8. The smallest absolute Gasteiger partial charge is 0.271 e. The monoisotopic (exact) mass is 495 g/mol. The van der Waals surface area contributed by atoms with E-state index in [0.29, 0.717) is 35.8 Å². The predicted molar refractivity (Wildman–Crippen MR) is 135 cm³/mol. The molecular weight excluding hydrogens is 469 g/mol. The Balaban J connectivity index is 1.41. The molecule has 1 N–H and O–H groups in total. The lowest BCUT2D eigenvalue weighted by molar-refractivity contribution is 0.0713. The molecule has 1 aliphatic carbocycles. The third kappa shape index (κ3) is 4.91. The zero-order valence-electron chi connectivity index (χ0n) is 19.5. The van der Waals surface area contributed by atoms with Crippen LogP contribution in [0.2, 0.25) is 5.02 Å². The van der Waals surface area contributed by atoms with Gasteiger partial charge in [-0.25, -0.2) is 4.39 Å². The van der Waals surface area contributed by atoms with Crippen LogP contribution in [0.25, 0.3) is 0 Å². The van der Waals surface area contributed by atoms with Crippen molar-refractivity contribution < 1.29 is 13.9 Å². The summed E-state index contributed by atoms with van der Waals surface area (Å²) in [6.07, 6.45) is 5.03. The van der Waals surface area contributed by atoms with Crippen LogP contribution in [-0.2, 0) is 0 Å². The third-order valence-electron chi connectivity index (χ3n) is 6.83. The summed E-state index contributed by atoms with van der Waals surface area (Å²) < 4.78 is 20.1. The van der Waals surface area contributed by atoms with Crippen molar-refractivity contribution in [2.45, 2.75) is 37.6 Å². The number of rotatable bonds is 6. The standard InChI is InChI=1S/C27H27ClFN3O3/c1-35-22-10-6-20(7-11-22)30-25-23(16-32(21-8-9-21)27(34)24(25)28)26(33)31-14-12-18(13-15-31)17-2-4-19(29)5-3-17/h2-7,10-11,16,18,21,30H,8-9,12-15H2,1H3. The zero-order chi connectivity index (χ0) is 24.5. The molecule has 6 nitrogen and oxygen atoms in total. The topological polar surface area (TPSA) is 63.6 Å². The number of piperidine rings is 1. The number of likely N-dealkylation sites (tertiary alicyclic amines) is 1. The van der Waals surface area contributed by atoms with Gasteiger partial charge in [0.05, 0.1) is 18.4 Å². The van der Waals surface area contributed by atoms with E-state index in [1.54, 1.807) is 30.0 Å². The lowest BCUT2D eigenvalue weighted by Gasteiger charge is -2.33. The number of carbonyl (C=O) groups is 1. The second kappa shape index (κ2) is 9.74. The van der Waals surface area contributed by atoms with E-state index >= 15 is 0 Å². The summed E-state index contributed by atoms with van der Waals surface area (Å²) in [6, 6.07) is 13.9. The summed E-state index contributed by atoms with van der Waals surface area (Å²) in [5.74, 6) is 0.572. The molecule has 1 saturated carbocycles. The van der Waals surface area contributed by atoms with E-state index in [9.17, 15) is 14.0 Å². The summed E-state index contributed by atoms with van der Waals surface area (Å²) in [4.78, 5) is 28.5. The SMILES string of the molecule is COc1ccc(Nc2c(C(=O)N3CCC(c4ccc(F)cc4)CC3)cn(C3CC3)c(=O)c2Cl)cc1. The quantitative estimate of drug-likeness (QED) is 0.473. The summed E-state index contributed by atoms with van der Waals surface area (Å²) in [5.41, 5.74) is 2.20. The van der Waals surface area contributed by atoms with Crippen molar-refractivity contribution in [2.75, 3.05) is 25.5 Å². The number of aromatic nitrogens is 1. The number of pyridine rings is 1. The van der Waals surface area contributed by atoms with Gasteiger partial charge in [-0.1, -0.05) is 23.7 Å². The number of methoxy groups -OCH3 is 1. The molecule has 0 spiro atoms. The van der Waals surface area contributed by atoms with Gasteiger partial charge in [0.1, 0.15) is 16.6 Å². The number of carbonyl (C=O) groups excluding carboxylic acids is 1. The number of ether oxygens (including phenoxy) is 1. The summed E-state index contributed by atoms with van der Waals surface area (Å²) in [6.45, 7) is 1.14. The molecule has 1 amide bonds. The van der Waals surface area contributed by atoms with E-state index in [1.165, 1.54) is 12.1 Å². The molecule has 1 aliphatic heterocycles. The van der Waals surface area contributed by atoms with Gasteiger partial charge in [0.2, 0.25) is 0 Å². The number of benzene rings is 2. The average Bonchev–Trinajstić information content (AvgIpc) is 3.73. The average molecular weight is 496 g/mol. The Morgan fingerprint density at radius 2 is 1.69 bits per heavy atom. The van der Waals surface area contributed by atoms with Crippen LogP contribution in [0.3, 0.4) is 0 Å². The van der Waals surface area contributed by atoms with Crippen LogP contribution in [0.1, 0.15) is 53.6 Å². The molecule has 1 saturated heterocycles. The molecule has 2 aromatic carbocycles. The second-order valence-corrected chi connectivity index (χ2v) is 9.52. The molecule has 5 rings (SSSR count). The molecule has 182 valence electrons. The predicted octanol–water partition coefficient (Wildman–Crippen LogP) is 5.75. The molecule has 3 aromatic rings. The molecule has 1 aromatic heterocycles. The lowest BCUT2D eigenvalue weighted by Crippen LogP contribution is -2.39. The van der Waals surface area contributed by atoms with E-state index < -0.39 is 0 Å². The minimum absolute atomic E-state index is 0.0137. The summed E-state index contributed by atoms with van der Waals surface area (Å²) in [7, 11) is 1.59. The van der Waals surface area contributed by atoms with Crippen LogP contribution in [0.15, 0.2) is 59.5 Å². The zero-order valence-corrected chi connectivity index (χ0v) is 20.2. The Hall–Kier alpha value is -3.32. The maximum atomic E-state index is 13.7. The molecule has 0 radical (unpaired) electrons. The molecule has 2 heterocycles. The maximum absolute atomic E-state index is 13.7. The van der Waals surface area contributed by atoms with Gasteiger partial charge in [-0.15, -0.1) is 0 Å². The highest BCUT2D eigenvalue weighted by Gasteiger charge is 2.31. The van der Waals surface area contributed by atoms with Gasteiger partial charge in [-0.05, 0) is 73.6 Å². The number of hydrogen-bond donors (Lipinski definition) is 1. The van der Waals surface area contributed by atoms with Crippen molar-refractivity contribution in [1.82, 2.24) is 9.47 Å². The minimum atomic E-state index is -0.295. The van der Waals surface area contributed by atoms with Crippen LogP contribution in [0.5, 0.6) is 5.75 Å². The lowest BCUT2D eigenvalue weighted by atomic mass is 9.89. The number of nitrogens with one attached hydrogen (secondary N) is 1. The Morgan fingerprint density at radius 1 is 1.03 bits per heavy atom. The maximum Gasteiger partial charge on any atom is 0.271 e. The molecule has 2 aliphatic rings. The van der Waals surface area contributed by atoms with Gasteiger partial charge in [-0.3, -0.25) is 9.59 Å². The number of anilines is 2. The van der Waals surface area contributed by atoms with Crippen molar-refractivity contribution >= 4 is 28.9 Å². The first kappa shape index (κ1) is 23.4. The summed E-state index contributed by atoms with van der Waals surface area (Å²) >= 11 is 6.56. The van der Waals surface area contributed by atoms with E-state index in [0.717, 1.165) is 31.2 Å². The molecule has 35 heavy (non-hydrogen) atoms. The van der Waals surface area contributed by atoms with Crippen molar-refractivity contribution in [1.29, 1.82) is 0 Å². The highest BCUT2D eigenvalue weighted by molar-refractivity contribution is 6.34. The van der Waals surface area contributed by atoms with E-state index in [1.807, 2.05) is 29.2 Å². The fourth-order valence-corrected chi connectivity index (χ4v) is 4.90. The van der Waals surface area contributed by atoms with Crippen molar-refractivity contribution in [3.05, 3.63) is 87.0 Å². The van der Waals surface area contributed by atoms with Crippen LogP contribution in [0, 0.1) is 5.82 Å². The van der Waals surface area contributed by atoms with Gasteiger partial charge in [0.15, 0.2) is 0 Å². The number of nitrogens with zero attached hydrogens (tertiary/aromatic N) is 2. The van der Waals surface area contributed by atoms with E-state index in [-0.39, 0.29) is 34.3 Å². The minimum Gasteiger partial charge on any atom is -0.497 e. The van der Waals surface area contributed by atoms with E-state index in [4.69, 9.17) is 16.3 Å². The van der Waals surface area contributed by atoms with Crippen LogP contribution in [-0.4, -0.2) is 35.6 Å². The van der Waals surface area contributed by atoms with Gasteiger partial charge in [0, 0.05) is 31.0 Å². The molecule has 2 fully saturated rings. The largest absolute Gasteiger partial charge is 0.497 e. The molecule has 8 heteroatoms. The fourth-order valence-electron chi connectivity index (χ4n) is 4.65. The van der Waals surface area contributed by atoms with Crippen LogP contribution >= 0.6 is 11.6 Å². The van der Waals surface area contributed by atoms with E-state index in [2.05, 4.69) is 5.32 Å². The molecule has 0 unspecified atom stereocenters. The molecule has 0 bridgehead atoms. The first-order valence-corrected chi connectivity index (χ1v) is 12.2. The Bertz CT molecular complexity index is 1280. The summed E-state index contributed by atoms with van der Waals surface area (Å²) in [5, 5.41) is 3.21. The van der Waals surface area contributed by atoms with Crippen LogP contribution < -0.4 is 15.6 Å². The highest BCUT2D eigenvalue weighted by atomic mass is 35.5. The second-order valence-electron chi connectivity index (χ2n) is 9.15. The first-order chi connectivity index (χ1) is 16.9. The van der Waals surface area contributed by atoms with Crippen molar-refractivity contribution in [2.24, 2.45) is 0 Å². The van der Waals surface area contributed by atoms with Gasteiger partial charge in [-0.2, -0.15) is 0 Å². The number of hydrogen-bond acceptors (Lipinski definition) is 4. The highest BCUT2D eigenvalue weighted by Crippen LogP contribution is 2.37. The van der Waals surface area contributed by atoms with Crippen LogP contribution in [0.4, 0.5) is 15.8 Å². The normalized spacial score (nSPS) is 16.3. The van der Waals surface area contributed by atoms with Crippen molar-refractivity contribution in [3.63, 3.8) is 0 Å². The van der Waals surface area contributed by atoms with Gasteiger partial charge < -0.3 is 19.5 Å². The third-order valence-corrected chi connectivity index (χ3v) is 7.18. The van der Waals surface area contributed by atoms with Gasteiger partial charge >= 0.3 is 0 Å². The Morgan fingerprint density at radius 3 is 2.29 bits per heavy atom. The van der Waals surface area contributed by atoms with Gasteiger partial charge in [0.25, 0.3) is 11.5 Å². The Labute approximate surface area is 208 Å². The van der Waals surface area contributed by atoms with Crippen molar-refractivity contribution in [3.8, 4) is 5.75 Å². The fraction of sp³-hybridized carbons (Fsp3) is 0.333. The Kier molecular flexibility index (Phi) is 6.52. The molecule has 0 atom stereocenters. The number of halogens is 2.